The van der Waals surface area contributed by atoms with Crippen LogP contribution in [0.3, 0.4) is 0 Å². The van der Waals surface area contributed by atoms with Gasteiger partial charge in [-0.3, -0.25) is 0 Å². The second kappa shape index (κ2) is 8.55. The van der Waals surface area contributed by atoms with Crippen molar-refractivity contribution in [1.82, 2.24) is 10.6 Å². The summed E-state index contributed by atoms with van der Waals surface area (Å²) in [5.41, 5.74) is 2.29. The molecule has 0 radical (unpaired) electrons. The fraction of sp³-hybridized carbons (Fsp3) is 0.588. The summed E-state index contributed by atoms with van der Waals surface area (Å²) in [6.07, 6.45) is 0. The topological polar surface area (TPSA) is 45.7 Å². The van der Waals surface area contributed by atoms with Crippen molar-refractivity contribution in [2.24, 2.45) is 10.9 Å². The highest BCUT2D eigenvalue weighted by molar-refractivity contribution is 5.80. The van der Waals surface area contributed by atoms with Gasteiger partial charge in [0.2, 0.25) is 0 Å². The number of aliphatic imine (C=N–C) groups is 1. The number of methoxy groups -OCH3 is 1. The van der Waals surface area contributed by atoms with Gasteiger partial charge in [0.15, 0.2) is 5.96 Å². The number of ether oxygens (including phenoxy) is 1. The predicted octanol–water partition coefficient (Wildman–Crippen LogP) is 3.10. The number of benzene rings is 1. The average molecular weight is 291 g/mol. The molecule has 1 atom stereocenters. The minimum Gasteiger partial charge on any atom is -0.496 e. The molecule has 0 heterocycles. The molecule has 1 rings (SSSR count). The Hall–Kier alpha value is -1.71. The zero-order valence-electron chi connectivity index (χ0n) is 14.2. The normalized spacial score (nSPS) is 13.2. The summed E-state index contributed by atoms with van der Waals surface area (Å²) in [4.78, 5) is 4.65. The maximum Gasteiger partial charge on any atom is 0.191 e. The third kappa shape index (κ3) is 5.66. The predicted molar refractivity (Wildman–Crippen MR) is 90.0 cm³/mol. The van der Waals surface area contributed by atoms with Crippen LogP contribution in [-0.2, 0) is 6.54 Å². The quantitative estimate of drug-likeness (QED) is 0.625. The average Bonchev–Trinajstić information content (AvgIpc) is 2.46. The fourth-order valence-corrected chi connectivity index (χ4v) is 1.84. The van der Waals surface area contributed by atoms with Crippen LogP contribution >= 0.6 is 0 Å². The fourth-order valence-electron chi connectivity index (χ4n) is 1.84. The number of hydrogen-bond donors (Lipinski definition) is 2. The Bertz CT molecular complexity index is 469. The van der Waals surface area contributed by atoms with Crippen molar-refractivity contribution in [2.45, 2.75) is 47.2 Å². The van der Waals surface area contributed by atoms with Gasteiger partial charge in [-0.15, -0.1) is 0 Å². The van der Waals surface area contributed by atoms with E-state index in [9.17, 15) is 0 Å². The standard InChI is InChI=1S/C17H29N3O/c1-7-18-17(20-14(5)12(2)3)19-11-15-9-8-13(4)16(10-15)21-6/h8-10,12,14H,7,11H2,1-6H3,(H2,18,19,20). The number of hydrogen-bond acceptors (Lipinski definition) is 2. The lowest BCUT2D eigenvalue weighted by molar-refractivity contribution is 0.411. The highest BCUT2D eigenvalue weighted by Gasteiger charge is 2.08. The lowest BCUT2D eigenvalue weighted by Gasteiger charge is -2.20. The largest absolute Gasteiger partial charge is 0.496 e. The van der Waals surface area contributed by atoms with Crippen LogP contribution in [0.4, 0.5) is 0 Å². The van der Waals surface area contributed by atoms with E-state index >= 15 is 0 Å². The molecule has 0 aliphatic heterocycles. The van der Waals surface area contributed by atoms with Crippen LogP contribution in [0.15, 0.2) is 23.2 Å². The Kier molecular flexibility index (Phi) is 7.06. The minimum atomic E-state index is 0.385. The van der Waals surface area contributed by atoms with Crippen molar-refractivity contribution in [3.63, 3.8) is 0 Å². The SMILES string of the molecule is CCNC(=NCc1ccc(C)c(OC)c1)NC(C)C(C)C. The van der Waals surface area contributed by atoms with E-state index in [2.05, 4.69) is 55.5 Å². The van der Waals surface area contributed by atoms with E-state index in [0.717, 1.165) is 29.4 Å². The molecule has 0 amide bonds. The highest BCUT2D eigenvalue weighted by Crippen LogP contribution is 2.19. The van der Waals surface area contributed by atoms with E-state index in [1.165, 1.54) is 0 Å². The third-order valence-electron chi connectivity index (χ3n) is 3.60. The molecule has 1 aromatic rings. The highest BCUT2D eigenvalue weighted by atomic mass is 16.5. The van der Waals surface area contributed by atoms with E-state index in [1.54, 1.807) is 7.11 Å². The van der Waals surface area contributed by atoms with Gasteiger partial charge in [0.1, 0.15) is 5.75 Å². The van der Waals surface area contributed by atoms with E-state index < -0.39 is 0 Å². The van der Waals surface area contributed by atoms with Gasteiger partial charge in [-0.05, 0) is 43.9 Å². The number of nitrogens with one attached hydrogen (secondary N) is 2. The van der Waals surface area contributed by atoms with Gasteiger partial charge < -0.3 is 15.4 Å². The van der Waals surface area contributed by atoms with Crippen molar-refractivity contribution < 1.29 is 4.74 Å². The molecule has 0 spiro atoms. The summed E-state index contributed by atoms with van der Waals surface area (Å²) >= 11 is 0. The molecule has 1 unspecified atom stereocenters. The first-order chi connectivity index (χ1) is 9.97. The second-order valence-electron chi connectivity index (χ2n) is 5.68. The van der Waals surface area contributed by atoms with Crippen LogP contribution in [0.25, 0.3) is 0 Å². The molecule has 0 fully saturated rings. The molecule has 0 saturated heterocycles. The lowest BCUT2D eigenvalue weighted by atomic mass is 10.1. The summed E-state index contributed by atoms with van der Waals surface area (Å²) in [5, 5.41) is 6.72. The second-order valence-corrected chi connectivity index (χ2v) is 5.68. The van der Waals surface area contributed by atoms with Crippen molar-refractivity contribution >= 4 is 5.96 Å². The first-order valence-corrected chi connectivity index (χ1v) is 7.66. The zero-order chi connectivity index (χ0) is 15.8. The van der Waals surface area contributed by atoms with Gasteiger partial charge in [-0.25, -0.2) is 4.99 Å². The smallest absolute Gasteiger partial charge is 0.191 e. The Morgan fingerprint density at radius 3 is 2.57 bits per heavy atom. The maximum absolute atomic E-state index is 5.36. The van der Waals surface area contributed by atoms with Crippen LogP contribution in [-0.4, -0.2) is 25.7 Å². The van der Waals surface area contributed by atoms with Crippen LogP contribution in [0.5, 0.6) is 5.75 Å². The molecule has 1 aromatic carbocycles. The molecule has 0 bridgehead atoms. The van der Waals surface area contributed by atoms with Crippen LogP contribution < -0.4 is 15.4 Å². The van der Waals surface area contributed by atoms with Crippen LogP contribution in [0.2, 0.25) is 0 Å². The van der Waals surface area contributed by atoms with E-state index in [4.69, 9.17) is 4.74 Å². The number of aryl methyl sites for hydroxylation is 1. The van der Waals surface area contributed by atoms with Gasteiger partial charge in [0, 0.05) is 12.6 Å². The molecule has 21 heavy (non-hydrogen) atoms. The van der Waals surface area contributed by atoms with Gasteiger partial charge >= 0.3 is 0 Å². The molecule has 4 heteroatoms. The van der Waals surface area contributed by atoms with Crippen molar-refractivity contribution in [1.29, 1.82) is 0 Å². The molecule has 118 valence electrons. The first kappa shape index (κ1) is 17.3. The summed E-state index contributed by atoms with van der Waals surface area (Å²) in [5.74, 6) is 2.34. The van der Waals surface area contributed by atoms with Crippen LogP contribution in [0, 0.1) is 12.8 Å². The molecule has 0 aromatic heterocycles. The Morgan fingerprint density at radius 2 is 2.00 bits per heavy atom. The minimum absolute atomic E-state index is 0.385. The molecular weight excluding hydrogens is 262 g/mol. The van der Waals surface area contributed by atoms with E-state index in [-0.39, 0.29) is 0 Å². The van der Waals surface area contributed by atoms with Gasteiger partial charge in [-0.2, -0.15) is 0 Å². The number of guanidine groups is 1. The van der Waals surface area contributed by atoms with Gasteiger partial charge in [0.05, 0.1) is 13.7 Å². The molecule has 0 saturated carbocycles. The molecule has 0 aliphatic rings. The summed E-state index contributed by atoms with van der Waals surface area (Å²) in [7, 11) is 1.70. The monoisotopic (exact) mass is 291 g/mol. The lowest BCUT2D eigenvalue weighted by Crippen LogP contribution is -2.44. The summed E-state index contributed by atoms with van der Waals surface area (Å²) in [6, 6.07) is 6.60. The van der Waals surface area contributed by atoms with Crippen LogP contribution in [0.1, 0.15) is 38.8 Å². The summed E-state index contributed by atoms with van der Waals surface area (Å²) < 4.78 is 5.36. The van der Waals surface area contributed by atoms with Crippen molar-refractivity contribution in [2.75, 3.05) is 13.7 Å². The number of rotatable bonds is 6. The van der Waals surface area contributed by atoms with Crippen molar-refractivity contribution in [3.8, 4) is 5.75 Å². The third-order valence-corrected chi connectivity index (χ3v) is 3.60. The molecule has 4 nitrogen and oxygen atoms in total. The van der Waals surface area contributed by atoms with E-state index in [0.29, 0.717) is 18.5 Å². The molecular formula is C17H29N3O. The first-order valence-electron chi connectivity index (χ1n) is 7.66. The van der Waals surface area contributed by atoms with E-state index in [1.807, 2.05) is 13.0 Å². The Labute approximate surface area is 129 Å². The zero-order valence-corrected chi connectivity index (χ0v) is 14.2. The molecule has 2 N–H and O–H groups in total. The van der Waals surface area contributed by atoms with Gasteiger partial charge in [-0.1, -0.05) is 26.0 Å². The van der Waals surface area contributed by atoms with Gasteiger partial charge in [0.25, 0.3) is 0 Å². The Balaban J connectivity index is 2.77. The summed E-state index contributed by atoms with van der Waals surface area (Å²) in [6.45, 7) is 12.2. The number of nitrogens with zero attached hydrogens (tertiary/aromatic N) is 1. The maximum atomic E-state index is 5.36. The Morgan fingerprint density at radius 1 is 1.29 bits per heavy atom. The molecule has 0 aliphatic carbocycles. The van der Waals surface area contributed by atoms with Crippen molar-refractivity contribution in [3.05, 3.63) is 29.3 Å².